The highest BCUT2D eigenvalue weighted by molar-refractivity contribution is 8.06. The van der Waals surface area contributed by atoms with Crippen molar-refractivity contribution in [2.45, 2.75) is 5.25 Å². The Kier molecular flexibility index (Phi) is 5.13. The Balaban J connectivity index is 2.04. The summed E-state index contributed by atoms with van der Waals surface area (Å²) in [7, 11) is 0. The van der Waals surface area contributed by atoms with Gasteiger partial charge in [0.1, 0.15) is 11.3 Å². The minimum absolute atomic E-state index is 0.108. The predicted molar refractivity (Wildman–Crippen MR) is 80.7 cm³/mol. The summed E-state index contributed by atoms with van der Waals surface area (Å²) in [6, 6.07) is 3.45. The van der Waals surface area contributed by atoms with Gasteiger partial charge in [0.25, 0.3) is 11.6 Å². The molecule has 0 spiro atoms. The number of hydrogen-bond donors (Lipinski definition) is 2. The SMILES string of the molecule is O=C(NCC1CSCCS1)c1cc(O)ccc1[N+](=O)[O-]. The molecule has 2 rings (SSSR count). The maximum atomic E-state index is 12.0. The molecule has 0 saturated carbocycles. The lowest BCUT2D eigenvalue weighted by Gasteiger charge is -2.21. The van der Waals surface area contributed by atoms with Crippen LogP contribution in [0.15, 0.2) is 18.2 Å². The maximum absolute atomic E-state index is 12.0. The second kappa shape index (κ2) is 6.85. The van der Waals surface area contributed by atoms with Gasteiger partial charge in [-0.15, -0.1) is 0 Å². The summed E-state index contributed by atoms with van der Waals surface area (Å²) in [6.07, 6.45) is 0. The highest BCUT2D eigenvalue weighted by atomic mass is 32.2. The van der Waals surface area contributed by atoms with Crippen LogP contribution in [0.3, 0.4) is 0 Å². The fraction of sp³-hybridized carbons (Fsp3) is 0.417. The van der Waals surface area contributed by atoms with Crippen LogP contribution < -0.4 is 5.32 Å². The number of thioether (sulfide) groups is 2. The Morgan fingerprint density at radius 3 is 2.95 bits per heavy atom. The van der Waals surface area contributed by atoms with E-state index in [4.69, 9.17) is 0 Å². The predicted octanol–water partition coefficient (Wildman–Crippen LogP) is 1.88. The van der Waals surface area contributed by atoms with E-state index in [9.17, 15) is 20.0 Å². The summed E-state index contributed by atoms with van der Waals surface area (Å²) in [5.41, 5.74) is -0.408. The van der Waals surface area contributed by atoms with Crippen LogP contribution in [0.5, 0.6) is 5.75 Å². The molecule has 1 aromatic rings. The molecule has 6 nitrogen and oxygen atoms in total. The van der Waals surface area contributed by atoms with Crippen molar-refractivity contribution in [2.24, 2.45) is 0 Å². The summed E-state index contributed by atoms with van der Waals surface area (Å²) in [5, 5.41) is 23.3. The number of rotatable bonds is 4. The Morgan fingerprint density at radius 1 is 1.50 bits per heavy atom. The van der Waals surface area contributed by atoms with E-state index in [2.05, 4.69) is 5.32 Å². The largest absolute Gasteiger partial charge is 0.508 e. The average molecular weight is 314 g/mol. The molecule has 1 atom stereocenters. The van der Waals surface area contributed by atoms with Crippen LogP contribution in [0, 0.1) is 10.1 Å². The van der Waals surface area contributed by atoms with Gasteiger partial charge in [-0.2, -0.15) is 23.5 Å². The quantitative estimate of drug-likeness (QED) is 0.651. The number of phenols is 1. The van der Waals surface area contributed by atoms with Crippen LogP contribution in [0.25, 0.3) is 0 Å². The van der Waals surface area contributed by atoms with E-state index in [-0.39, 0.29) is 17.0 Å². The van der Waals surface area contributed by atoms with E-state index in [1.54, 1.807) is 11.8 Å². The molecular formula is C12H14N2O4S2. The number of nitro benzene ring substituents is 1. The maximum Gasteiger partial charge on any atom is 0.282 e. The number of benzene rings is 1. The van der Waals surface area contributed by atoms with Gasteiger partial charge >= 0.3 is 0 Å². The summed E-state index contributed by atoms with van der Waals surface area (Å²) in [5.74, 6) is 2.45. The molecule has 8 heteroatoms. The van der Waals surface area contributed by atoms with Crippen LogP contribution in [0.2, 0.25) is 0 Å². The van der Waals surface area contributed by atoms with Crippen LogP contribution in [-0.2, 0) is 0 Å². The molecule has 2 N–H and O–H groups in total. The molecule has 0 aliphatic carbocycles. The van der Waals surface area contributed by atoms with Crippen LogP contribution in [0.1, 0.15) is 10.4 Å². The lowest BCUT2D eigenvalue weighted by molar-refractivity contribution is -0.385. The first-order valence-corrected chi connectivity index (χ1v) is 8.23. The molecular weight excluding hydrogens is 300 g/mol. The van der Waals surface area contributed by atoms with Crippen molar-refractivity contribution in [1.82, 2.24) is 5.32 Å². The van der Waals surface area contributed by atoms with Gasteiger partial charge < -0.3 is 10.4 Å². The van der Waals surface area contributed by atoms with Crippen LogP contribution >= 0.6 is 23.5 Å². The molecule has 20 heavy (non-hydrogen) atoms. The van der Waals surface area contributed by atoms with Crippen molar-refractivity contribution < 1.29 is 14.8 Å². The van der Waals surface area contributed by atoms with E-state index >= 15 is 0 Å². The van der Waals surface area contributed by atoms with Crippen molar-refractivity contribution in [3.05, 3.63) is 33.9 Å². The third-order valence-electron chi connectivity index (χ3n) is 2.80. The van der Waals surface area contributed by atoms with E-state index in [0.29, 0.717) is 11.8 Å². The number of nitrogens with zero attached hydrogens (tertiary/aromatic N) is 1. The number of amides is 1. The van der Waals surface area contributed by atoms with E-state index in [1.807, 2.05) is 11.8 Å². The topological polar surface area (TPSA) is 92.5 Å². The first kappa shape index (κ1) is 15.0. The lowest BCUT2D eigenvalue weighted by atomic mass is 10.1. The third kappa shape index (κ3) is 3.80. The van der Waals surface area contributed by atoms with Crippen molar-refractivity contribution >= 4 is 35.1 Å². The minimum atomic E-state index is -0.625. The molecule has 0 radical (unpaired) electrons. The zero-order valence-electron chi connectivity index (χ0n) is 10.6. The van der Waals surface area contributed by atoms with Crippen LogP contribution in [-0.4, -0.2) is 45.0 Å². The number of phenolic OH excluding ortho intramolecular Hbond substituents is 1. The molecule has 0 aromatic heterocycles. The van der Waals surface area contributed by atoms with Crippen molar-refractivity contribution in [3.8, 4) is 5.75 Å². The smallest absolute Gasteiger partial charge is 0.282 e. The second-order valence-corrected chi connectivity index (χ2v) is 6.79. The van der Waals surface area contributed by atoms with E-state index in [1.165, 1.54) is 6.07 Å². The normalized spacial score (nSPS) is 18.5. The number of carbonyl (C=O) groups excluding carboxylic acids is 1. The Labute approximate surface area is 124 Å². The van der Waals surface area contributed by atoms with Gasteiger partial charge in [0, 0.05) is 35.1 Å². The van der Waals surface area contributed by atoms with Gasteiger partial charge in [-0.25, -0.2) is 0 Å². The Morgan fingerprint density at radius 2 is 2.30 bits per heavy atom. The number of nitro groups is 1. The number of hydrogen-bond acceptors (Lipinski definition) is 6. The van der Waals surface area contributed by atoms with Crippen molar-refractivity contribution in [2.75, 3.05) is 23.8 Å². The van der Waals surface area contributed by atoms with Gasteiger partial charge in [-0.05, 0) is 12.1 Å². The number of nitrogens with one attached hydrogen (secondary N) is 1. The number of aromatic hydroxyl groups is 1. The third-order valence-corrected chi connectivity index (χ3v) is 5.64. The van der Waals surface area contributed by atoms with Gasteiger partial charge in [-0.3, -0.25) is 14.9 Å². The van der Waals surface area contributed by atoms with Gasteiger partial charge in [0.05, 0.1) is 4.92 Å². The Bertz CT molecular complexity index is 518. The molecule has 1 saturated heterocycles. The first-order valence-electron chi connectivity index (χ1n) is 6.03. The first-order chi connectivity index (χ1) is 9.58. The van der Waals surface area contributed by atoms with Crippen molar-refractivity contribution in [3.63, 3.8) is 0 Å². The standard InChI is InChI=1S/C12H14N2O4S2/c15-8-1-2-11(14(17)18)10(5-8)12(16)13-6-9-7-19-3-4-20-9/h1-2,5,9,15H,3-4,6-7H2,(H,13,16). The lowest BCUT2D eigenvalue weighted by Crippen LogP contribution is -2.33. The zero-order valence-corrected chi connectivity index (χ0v) is 12.2. The summed E-state index contributed by atoms with van der Waals surface area (Å²) < 4.78 is 0. The fourth-order valence-electron chi connectivity index (χ4n) is 1.82. The number of carbonyl (C=O) groups is 1. The van der Waals surface area contributed by atoms with Gasteiger partial charge in [0.15, 0.2) is 0 Å². The molecule has 1 aromatic carbocycles. The molecule has 0 bridgehead atoms. The average Bonchev–Trinajstić information content (AvgIpc) is 2.45. The fourth-order valence-corrected chi connectivity index (χ4v) is 4.43. The Hall–Kier alpha value is -1.41. The molecule has 1 heterocycles. The van der Waals surface area contributed by atoms with Crippen LogP contribution in [0.4, 0.5) is 5.69 Å². The summed E-state index contributed by atoms with van der Waals surface area (Å²) >= 11 is 3.64. The van der Waals surface area contributed by atoms with E-state index in [0.717, 1.165) is 29.4 Å². The van der Waals surface area contributed by atoms with Gasteiger partial charge in [0.2, 0.25) is 0 Å². The molecule has 1 aliphatic rings. The highest BCUT2D eigenvalue weighted by Gasteiger charge is 2.22. The molecule has 1 unspecified atom stereocenters. The second-order valence-electron chi connectivity index (χ2n) is 4.24. The monoisotopic (exact) mass is 314 g/mol. The van der Waals surface area contributed by atoms with Crippen molar-refractivity contribution in [1.29, 1.82) is 0 Å². The molecule has 1 fully saturated rings. The zero-order chi connectivity index (χ0) is 14.5. The molecule has 108 valence electrons. The molecule has 1 amide bonds. The van der Waals surface area contributed by atoms with Gasteiger partial charge in [-0.1, -0.05) is 0 Å². The minimum Gasteiger partial charge on any atom is -0.508 e. The summed E-state index contributed by atoms with van der Waals surface area (Å²) in [6.45, 7) is 0.476. The highest BCUT2D eigenvalue weighted by Crippen LogP contribution is 2.25. The molecule has 1 aliphatic heterocycles. The van der Waals surface area contributed by atoms with E-state index < -0.39 is 10.8 Å². The summed E-state index contributed by atoms with van der Waals surface area (Å²) in [4.78, 5) is 22.3.